The predicted octanol–water partition coefficient (Wildman–Crippen LogP) is 4.31. The highest BCUT2D eigenvalue weighted by atomic mass is 35.5. The summed E-state index contributed by atoms with van der Waals surface area (Å²) in [5, 5.41) is 11.2. The first-order chi connectivity index (χ1) is 10.5. The summed E-state index contributed by atoms with van der Waals surface area (Å²) in [6.07, 6.45) is 2.73. The number of hydrogen-bond acceptors (Lipinski definition) is 3. The van der Waals surface area contributed by atoms with Crippen LogP contribution in [0.3, 0.4) is 0 Å². The van der Waals surface area contributed by atoms with Crippen LogP contribution in [0, 0.1) is 11.2 Å². The number of hydrogen-bond donors (Lipinski definition) is 2. The van der Waals surface area contributed by atoms with E-state index in [0.717, 1.165) is 6.20 Å². The second-order valence-corrected chi connectivity index (χ2v) is 5.36. The average molecular weight is 340 g/mol. The third kappa shape index (κ3) is 4.51. The van der Waals surface area contributed by atoms with E-state index in [0.29, 0.717) is 15.6 Å². The fourth-order valence-electron chi connectivity index (χ4n) is 1.77. The van der Waals surface area contributed by atoms with Gasteiger partial charge in [0, 0.05) is 18.2 Å². The molecule has 1 amide bonds. The molecule has 114 valence electrons. The van der Waals surface area contributed by atoms with Crippen molar-refractivity contribution in [1.29, 1.82) is 5.41 Å². The molecule has 22 heavy (non-hydrogen) atoms. The molecule has 2 rings (SSSR count). The zero-order valence-corrected chi connectivity index (χ0v) is 12.9. The van der Waals surface area contributed by atoms with Crippen molar-refractivity contribution < 1.29 is 9.18 Å². The lowest BCUT2D eigenvalue weighted by Gasteiger charge is -2.07. The van der Waals surface area contributed by atoms with Crippen LogP contribution in [0.2, 0.25) is 10.0 Å². The smallest absolute Gasteiger partial charge is 0.224 e. The Kier molecular flexibility index (Phi) is 5.46. The topological polar surface area (TPSA) is 65.8 Å². The van der Waals surface area contributed by atoms with Crippen molar-refractivity contribution in [3.63, 3.8) is 0 Å². The van der Waals surface area contributed by atoms with Crippen LogP contribution >= 0.6 is 23.2 Å². The van der Waals surface area contributed by atoms with Crippen LogP contribution in [0.4, 0.5) is 10.1 Å². The Labute approximate surface area is 136 Å². The molecule has 0 fully saturated rings. The third-order valence-electron chi connectivity index (χ3n) is 2.86. The van der Waals surface area contributed by atoms with Crippen molar-refractivity contribution in [1.82, 2.24) is 4.98 Å². The van der Waals surface area contributed by atoms with Gasteiger partial charge >= 0.3 is 0 Å². The number of carbonyl (C=O) groups excluding carboxylic acids is 1. The van der Waals surface area contributed by atoms with Gasteiger partial charge in [0.25, 0.3) is 0 Å². The Hall–Kier alpha value is -1.98. The number of nitrogens with one attached hydrogen (secondary N) is 2. The maximum absolute atomic E-state index is 13.0. The van der Waals surface area contributed by atoms with Crippen LogP contribution < -0.4 is 5.32 Å². The van der Waals surface area contributed by atoms with Crippen LogP contribution in [0.1, 0.15) is 18.4 Å². The number of aromatic nitrogens is 1. The van der Waals surface area contributed by atoms with E-state index in [1.807, 2.05) is 0 Å². The van der Waals surface area contributed by atoms with Crippen LogP contribution in [-0.2, 0) is 4.79 Å². The van der Waals surface area contributed by atoms with Gasteiger partial charge in [0.15, 0.2) is 0 Å². The third-order valence-corrected chi connectivity index (χ3v) is 3.60. The average Bonchev–Trinajstić information content (AvgIpc) is 2.47. The van der Waals surface area contributed by atoms with E-state index in [9.17, 15) is 9.18 Å². The number of anilines is 1. The second kappa shape index (κ2) is 7.33. The number of amides is 1. The SMILES string of the molecule is N=C(CCC(=O)Nc1cncc(F)c1)c1ccc(Cl)c(Cl)c1. The van der Waals surface area contributed by atoms with E-state index in [2.05, 4.69) is 10.3 Å². The first-order valence-electron chi connectivity index (χ1n) is 6.39. The minimum absolute atomic E-state index is 0.0928. The van der Waals surface area contributed by atoms with E-state index in [1.165, 1.54) is 12.3 Å². The maximum atomic E-state index is 13.0. The quantitative estimate of drug-likeness (QED) is 0.797. The lowest BCUT2D eigenvalue weighted by atomic mass is 10.1. The molecule has 1 aromatic carbocycles. The van der Waals surface area contributed by atoms with Crippen molar-refractivity contribution in [2.24, 2.45) is 0 Å². The molecule has 0 radical (unpaired) electrons. The number of carbonyl (C=O) groups is 1. The first-order valence-corrected chi connectivity index (χ1v) is 7.14. The van der Waals surface area contributed by atoms with Gasteiger partial charge in [-0.1, -0.05) is 29.3 Å². The Morgan fingerprint density at radius 3 is 2.64 bits per heavy atom. The standard InChI is InChI=1S/C15H12Cl2FN3O/c16-12-2-1-9(5-13(12)17)14(19)3-4-15(22)21-11-6-10(18)7-20-8-11/h1-2,5-8,19H,3-4H2,(H,21,22). The van der Waals surface area contributed by atoms with Gasteiger partial charge in [-0.25, -0.2) is 4.39 Å². The summed E-state index contributed by atoms with van der Waals surface area (Å²) >= 11 is 11.7. The molecule has 0 atom stereocenters. The monoisotopic (exact) mass is 339 g/mol. The fourth-order valence-corrected chi connectivity index (χ4v) is 2.07. The number of benzene rings is 1. The lowest BCUT2D eigenvalue weighted by molar-refractivity contribution is -0.116. The minimum Gasteiger partial charge on any atom is -0.325 e. The number of halogens is 3. The highest BCUT2D eigenvalue weighted by Crippen LogP contribution is 2.23. The van der Waals surface area contributed by atoms with Crippen molar-refractivity contribution in [3.05, 3.63) is 58.1 Å². The minimum atomic E-state index is -0.527. The molecule has 4 nitrogen and oxygen atoms in total. The van der Waals surface area contributed by atoms with Gasteiger partial charge < -0.3 is 10.7 Å². The van der Waals surface area contributed by atoms with E-state index in [-0.39, 0.29) is 30.1 Å². The number of nitrogens with zero attached hydrogens (tertiary/aromatic N) is 1. The number of rotatable bonds is 5. The van der Waals surface area contributed by atoms with Crippen LogP contribution in [0.5, 0.6) is 0 Å². The van der Waals surface area contributed by atoms with Gasteiger partial charge in [-0.05, 0) is 24.1 Å². The predicted molar refractivity (Wildman–Crippen MR) is 85.3 cm³/mol. The van der Waals surface area contributed by atoms with Crippen molar-refractivity contribution >= 4 is 40.5 Å². The normalized spacial score (nSPS) is 10.3. The Balaban J connectivity index is 1.90. The summed E-state index contributed by atoms with van der Waals surface area (Å²) in [4.78, 5) is 15.4. The van der Waals surface area contributed by atoms with Gasteiger partial charge in [0.1, 0.15) is 5.82 Å². The maximum Gasteiger partial charge on any atom is 0.224 e. The molecule has 1 aromatic heterocycles. The van der Waals surface area contributed by atoms with E-state index < -0.39 is 5.82 Å². The van der Waals surface area contributed by atoms with Crippen LogP contribution in [-0.4, -0.2) is 16.6 Å². The molecule has 0 saturated heterocycles. The molecule has 0 bridgehead atoms. The summed E-state index contributed by atoms with van der Waals surface area (Å²) < 4.78 is 13.0. The summed E-state index contributed by atoms with van der Waals surface area (Å²) in [5.74, 6) is -0.849. The van der Waals surface area contributed by atoms with Gasteiger partial charge in [-0.3, -0.25) is 9.78 Å². The largest absolute Gasteiger partial charge is 0.325 e. The molecular weight excluding hydrogens is 328 g/mol. The molecule has 0 saturated carbocycles. The molecule has 7 heteroatoms. The molecule has 2 aromatic rings. The molecule has 0 spiro atoms. The summed E-state index contributed by atoms with van der Waals surface area (Å²) in [6.45, 7) is 0. The molecule has 2 N–H and O–H groups in total. The molecule has 0 unspecified atom stereocenters. The van der Waals surface area contributed by atoms with Crippen molar-refractivity contribution in [2.45, 2.75) is 12.8 Å². The van der Waals surface area contributed by atoms with Gasteiger partial charge in [0.2, 0.25) is 5.91 Å². The Morgan fingerprint density at radius 1 is 1.18 bits per heavy atom. The van der Waals surface area contributed by atoms with E-state index in [1.54, 1.807) is 18.2 Å². The van der Waals surface area contributed by atoms with Crippen LogP contribution in [0.15, 0.2) is 36.7 Å². The molecular formula is C15H12Cl2FN3O. The number of pyridine rings is 1. The highest BCUT2D eigenvalue weighted by Gasteiger charge is 2.09. The van der Waals surface area contributed by atoms with Crippen LogP contribution in [0.25, 0.3) is 0 Å². The van der Waals surface area contributed by atoms with Gasteiger partial charge in [0.05, 0.1) is 28.1 Å². The zero-order valence-electron chi connectivity index (χ0n) is 11.4. The molecule has 1 heterocycles. The summed E-state index contributed by atoms with van der Waals surface area (Å²) in [6, 6.07) is 6.03. The second-order valence-electron chi connectivity index (χ2n) is 4.55. The van der Waals surface area contributed by atoms with E-state index >= 15 is 0 Å². The summed E-state index contributed by atoms with van der Waals surface area (Å²) in [7, 11) is 0. The fraction of sp³-hybridized carbons (Fsp3) is 0.133. The van der Waals surface area contributed by atoms with Crippen molar-refractivity contribution in [2.75, 3.05) is 5.32 Å². The Bertz CT molecular complexity index is 722. The van der Waals surface area contributed by atoms with E-state index in [4.69, 9.17) is 28.6 Å². The Morgan fingerprint density at radius 2 is 1.95 bits per heavy atom. The zero-order chi connectivity index (χ0) is 16.1. The van der Waals surface area contributed by atoms with Gasteiger partial charge in [-0.2, -0.15) is 0 Å². The molecule has 0 aliphatic carbocycles. The van der Waals surface area contributed by atoms with Crippen molar-refractivity contribution in [3.8, 4) is 0 Å². The first kappa shape index (κ1) is 16.4. The van der Waals surface area contributed by atoms with Gasteiger partial charge in [-0.15, -0.1) is 0 Å². The molecule has 0 aliphatic heterocycles. The highest BCUT2D eigenvalue weighted by molar-refractivity contribution is 6.42. The summed E-state index contributed by atoms with van der Waals surface area (Å²) in [5.41, 5.74) is 1.16. The molecule has 0 aliphatic rings. The lowest BCUT2D eigenvalue weighted by Crippen LogP contribution is -2.13.